The van der Waals surface area contributed by atoms with Crippen molar-refractivity contribution in [1.29, 1.82) is 0 Å². The molecular formula is C25H19NO4S. The highest BCUT2D eigenvalue weighted by Crippen LogP contribution is 2.45. The van der Waals surface area contributed by atoms with E-state index in [4.69, 9.17) is 9.47 Å². The number of nitrogens with one attached hydrogen (secondary N) is 1. The second-order valence-corrected chi connectivity index (χ2v) is 8.17. The normalized spacial score (nSPS) is 12.5. The predicted octanol–water partition coefficient (Wildman–Crippen LogP) is 5.95. The number of thiophene rings is 1. The van der Waals surface area contributed by atoms with Gasteiger partial charge in [-0.15, -0.1) is 11.3 Å². The van der Waals surface area contributed by atoms with Crippen LogP contribution in [0.3, 0.4) is 0 Å². The molecule has 0 saturated carbocycles. The number of para-hydroxylation sites is 2. The van der Waals surface area contributed by atoms with Crippen LogP contribution in [0.15, 0.2) is 72.8 Å². The summed E-state index contributed by atoms with van der Waals surface area (Å²) >= 11 is 1.37. The Morgan fingerprint density at radius 3 is 2.23 bits per heavy atom. The number of fused-ring (bicyclic) bond motifs is 3. The van der Waals surface area contributed by atoms with Crippen LogP contribution in [0.4, 0.5) is 5.00 Å². The van der Waals surface area contributed by atoms with E-state index in [1.54, 1.807) is 6.92 Å². The van der Waals surface area contributed by atoms with Gasteiger partial charge in [0.25, 0.3) is 0 Å². The maximum atomic E-state index is 13.6. The Kier molecular flexibility index (Phi) is 4.92. The van der Waals surface area contributed by atoms with Gasteiger partial charge < -0.3 is 14.8 Å². The number of hydrogen-bond acceptors (Lipinski definition) is 5. The number of carbonyl (C=O) groups excluding carboxylic acids is 2. The van der Waals surface area contributed by atoms with Crippen LogP contribution < -0.4 is 10.1 Å². The Balaban J connectivity index is 1.58. The molecule has 0 fully saturated rings. The molecule has 1 aliphatic rings. The third-order valence-electron chi connectivity index (χ3n) is 5.25. The molecule has 1 aromatic heterocycles. The Morgan fingerprint density at radius 1 is 0.935 bits per heavy atom. The molecule has 0 saturated heterocycles. The zero-order valence-electron chi connectivity index (χ0n) is 16.8. The van der Waals surface area contributed by atoms with Gasteiger partial charge in [0, 0.05) is 21.2 Å². The van der Waals surface area contributed by atoms with E-state index >= 15 is 0 Å². The molecule has 0 spiro atoms. The lowest BCUT2D eigenvalue weighted by molar-refractivity contribution is -0.116. The van der Waals surface area contributed by atoms with Crippen LogP contribution >= 0.6 is 11.3 Å². The fourth-order valence-corrected chi connectivity index (χ4v) is 5.01. The fourth-order valence-electron chi connectivity index (χ4n) is 3.92. The van der Waals surface area contributed by atoms with Crippen molar-refractivity contribution < 1.29 is 19.1 Å². The van der Waals surface area contributed by atoms with E-state index in [0.717, 1.165) is 21.2 Å². The molecule has 5 rings (SSSR count). The van der Waals surface area contributed by atoms with Crippen LogP contribution in [0.5, 0.6) is 11.5 Å². The Labute approximate surface area is 183 Å². The lowest BCUT2D eigenvalue weighted by Crippen LogP contribution is -2.25. The topological polar surface area (TPSA) is 64.6 Å². The maximum absolute atomic E-state index is 13.6. The van der Waals surface area contributed by atoms with Crippen molar-refractivity contribution in [2.45, 2.75) is 12.8 Å². The summed E-state index contributed by atoms with van der Waals surface area (Å²) in [6, 6.07) is 22.6. The molecule has 0 atom stereocenters. The summed E-state index contributed by atoms with van der Waals surface area (Å²) in [5.74, 6) is 0.0938. The van der Waals surface area contributed by atoms with Gasteiger partial charge in [-0.3, -0.25) is 4.79 Å². The SMILES string of the molecule is CCOC(=O)c1c(NC(=O)C2c3ccccc3Oc3ccccc32)sc2ccccc12. The van der Waals surface area contributed by atoms with Crippen LogP contribution in [0.2, 0.25) is 0 Å². The lowest BCUT2D eigenvalue weighted by atomic mass is 9.87. The monoisotopic (exact) mass is 429 g/mol. The second-order valence-electron chi connectivity index (χ2n) is 7.12. The lowest BCUT2D eigenvalue weighted by Gasteiger charge is -2.27. The molecule has 1 aliphatic heterocycles. The predicted molar refractivity (Wildman–Crippen MR) is 121 cm³/mol. The molecular weight excluding hydrogens is 410 g/mol. The standard InChI is InChI=1S/C25H19NO4S/c1-2-29-25(28)22-17-11-5-8-14-20(17)31-24(22)26-23(27)21-15-9-3-6-12-18(15)30-19-13-7-4-10-16(19)21/h3-14,21H,2H2,1H3,(H,26,27). The van der Waals surface area contributed by atoms with Crippen molar-refractivity contribution in [3.8, 4) is 11.5 Å². The first-order chi connectivity index (χ1) is 15.2. The molecule has 6 heteroatoms. The van der Waals surface area contributed by atoms with Gasteiger partial charge in [-0.05, 0) is 25.1 Å². The number of carbonyl (C=O) groups is 2. The second kappa shape index (κ2) is 7.89. The van der Waals surface area contributed by atoms with E-state index in [1.165, 1.54) is 11.3 Å². The van der Waals surface area contributed by atoms with Crippen LogP contribution in [0.25, 0.3) is 10.1 Å². The van der Waals surface area contributed by atoms with Gasteiger partial charge in [0.2, 0.25) is 5.91 Å². The molecule has 0 bridgehead atoms. The van der Waals surface area contributed by atoms with Gasteiger partial charge in [0.15, 0.2) is 0 Å². The number of esters is 1. The summed E-state index contributed by atoms with van der Waals surface area (Å²) in [4.78, 5) is 26.3. The molecule has 0 aliphatic carbocycles. The minimum Gasteiger partial charge on any atom is -0.462 e. The van der Waals surface area contributed by atoms with E-state index in [1.807, 2.05) is 72.8 Å². The maximum Gasteiger partial charge on any atom is 0.341 e. The number of benzene rings is 3. The summed E-state index contributed by atoms with van der Waals surface area (Å²) < 4.78 is 12.2. The highest BCUT2D eigenvalue weighted by atomic mass is 32.1. The van der Waals surface area contributed by atoms with Crippen molar-refractivity contribution in [3.05, 3.63) is 89.5 Å². The summed E-state index contributed by atoms with van der Waals surface area (Å²) in [7, 11) is 0. The van der Waals surface area contributed by atoms with Gasteiger partial charge in [-0.25, -0.2) is 4.79 Å². The third kappa shape index (κ3) is 3.35. The molecule has 154 valence electrons. The van der Waals surface area contributed by atoms with Crippen molar-refractivity contribution in [1.82, 2.24) is 0 Å². The minimum absolute atomic E-state index is 0.222. The summed E-state index contributed by atoms with van der Waals surface area (Å²) in [5, 5.41) is 4.28. The quantitative estimate of drug-likeness (QED) is 0.407. The molecule has 0 unspecified atom stereocenters. The molecule has 0 radical (unpaired) electrons. The molecule has 1 amide bonds. The highest BCUT2D eigenvalue weighted by molar-refractivity contribution is 7.23. The fraction of sp³-hybridized carbons (Fsp3) is 0.120. The first-order valence-electron chi connectivity index (χ1n) is 10.0. The Morgan fingerprint density at radius 2 is 1.55 bits per heavy atom. The van der Waals surface area contributed by atoms with Crippen molar-refractivity contribution in [3.63, 3.8) is 0 Å². The van der Waals surface area contributed by atoms with Crippen LogP contribution in [0, 0.1) is 0 Å². The Hall–Kier alpha value is -3.64. The molecule has 2 heterocycles. The number of ether oxygens (including phenoxy) is 2. The Bertz CT molecular complexity index is 1260. The molecule has 4 aromatic rings. The van der Waals surface area contributed by atoms with Crippen LogP contribution in [-0.2, 0) is 9.53 Å². The highest BCUT2D eigenvalue weighted by Gasteiger charge is 2.33. The number of anilines is 1. The summed E-state index contributed by atoms with van der Waals surface area (Å²) in [6.45, 7) is 2.03. The zero-order chi connectivity index (χ0) is 21.4. The van der Waals surface area contributed by atoms with E-state index in [2.05, 4.69) is 5.32 Å². The first kappa shape index (κ1) is 19.3. The van der Waals surface area contributed by atoms with Gasteiger partial charge in [-0.1, -0.05) is 54.6 Å². The van der Waals surface area contributed by atoms with Crippen LogP contribution in [0.1, 0.15) is 34.3 Å². The average molecular weight is 429 g/mol. The van der Waals surface area contributed by atoms with Crippen molar-refractivity contribution in [2.75, 3.05) is 11.9 Å². The van der Waals surface area contributed by atoms with Gasteiger partial charge in [-0.2, -0.15) is 0 Å². The van der Waals surface area contributed by atoms with Crippen molar-refractivity contribution in [2.24, 2.45) is 0 Å². The first-order valence-corrected chi connectivity index (χ1v) is 10.8. The summed E-state index contributed by atoms with van der Waals surface area (Å²) in [5.41, 5.74) is 1.97. The molecule has 5 nitrogen and oxygen atoms in total. The van der Waals surface area contributed by atoms with E-state index in [-0.39, 0.29) is 12.5 Å². The smallest absolute Gasteiger partial charge is 0.341 e. The van der Waals surface area contributed by atoms with Gasteiger partial charge in [0.1, 0.15) is 22.1 Å². The largest absolute Gasteiger partial charge is 0.462 e. The molecule has 3 aromatic carbocycles. The number of rotatable bonds is 4. The molecule has 1 N–H and O–H groups in total. The zero-order valence-corrected chi connectivity index (χ0v) is 17.6. The van der Waals surface area contributed by atoms with E-state index in [9.17, 15) is 9.59 Å². The summed E-state index contributed by atoms with van der Waals surface area (Å²) in [6.07, 6.45) is 0. The van der Waals surface area contributed by atoms with E-state index in [0.29, 0.717) is 22.1 Å². The average Bonchev–Trinajstić information content (AvgIpc) is 3.15. The van der Waals surface area contributed by atoms with Gasteiger partial charge in [0.05, 0.1) is 12.5 Å². The molecule has 31 heavy (non-hydrogen) atoms. The number of hydrogen-bond donors (Lipinski definition) is 1. The van der Waals surface area contributed by atoms with Gasteiger partial charge >= 0.3 is 5.97 Å². The van der Waals surface area contributed by atoms with Crippen LogP contribution in [-0.4, -0.2) is 18.5 Å². The van der Waals surface area contributed by atoms with E-state index < -0.39 is 11.9 Å². The third-order valence-corrected chi connectivity index (χ3v) is 6.34. The number of amides is 1. The minimum atomic E-state index is -0.554. The van der Waals surface area contributed by atoms with Crippen molar-refractivity contribution >= 4 is 38.3 Å².